The summed E-state index contributed by atoms with van der Waals surface area (Å²) in [5.74, 6) is 0.0929. The number of fused-ring (bicyclic) bond motifs is 2. The van der Waals surface area contributed by atoms with Crippen LogP contribution < -0.4 is 5.76 Å². The summed E-state index contributed by atoms with van der Waals surface area (Å²) in [6.45, 7) is 1.81. The minimum Gasteiger partial charge on any atom is -0.408 e. The van der Waals surface area contributed by atoms with Crippen LogP contribution in [0.3, 0.4) is 0 Å². The van der Waals surface area contributed by atoms with Crippen LogP contribution in [0.1, 0.15) is 30.2 Å². The molecule has 4 aromatic rings. The highest BCUT2D eigenvalue weighted by molar-refractivity contribution is 7.18. The maximum absolute atomic E-state index is 12.7. The van der Waals surface area contributed by atoms with Crippen LogP contribution in [0.25, 0.3) is 21.3 Å². The number of rotatable bonds is 4. The van der Waals surface area contributed by atoms with Crippen molar-refractivity contribution in [3.8, 4) is 0 Å². The minimum atomic E-state index is -0.409. The molecule has 1 fully saturated rings. The maximum Gasteiger partial charge on any atom is 0.419 e. The van der Waals surface area contributed by atoms with Crippen molar-refractivity contribution >= 4 is 38.6 Å². The van der Waals surface area contributed by atoms with Crippen LogP contribution in [0.2, 0.25) is 0 Å². The van der Waals surface area contributed by atoms with Gasteiger partial charge in [0.2, 0.25) is 5.91 Å². The summed E-state index contributed by atoms with van der Waals surface area (Å²) in [6, 6.07) is 15.5. The van der Waals surface area contributed by atoms with E-state index in [1.165, 1.54) is 9.71 Å². The van der Waals surface area contributed by atoms with E-state index in [1.54, 1.807) is 22.0 Å². The number of carbonyl (C=O) groups excluding carboxylic acids is 1. The molecule has 1 aliphatic rings. The molecule has 0 bridgehead atoms. The second-order valence-corrected chi connectivity index (χ2v) is 8.47. The highest BCUT2D eigenvalue weighted by Gasteiger charge is 2.26. The summed E-state index contributed by atoms with van der Waals surface area (Å²) in [7, 11) is 0. The third-order valence-electron chi connectivity index (χ3n) is 5.63. The number of benzene rings is 2. The van der Waals surface area contributed by atoms with Crippen molar-refractivity contribution in [3.05, 3.63) is 64.1 Å². The smallest absolute Gasteiger partial charge is 0.408 e. The van der Waals surface area contributed by atoms with Crippen molar-refractivity contribution in [3.63, 3.8) is 0 Å². The largest absolute Gasteiger partial charge is 0.419 e. The van der Waals surface area contributed by atoms with Crippen molar-refractivity contribution in [1.82, 2.24) is 14.5 Å². The number of amides is 1. The van der Waals surface area contributed by atoms with Gasteiger partial charge in [-0.2, -0.15) is 0 Å². The first kappa shape index (κ1) is 18.1. The van der Waals surface area contributed by atoms with Crippen LogP contribution in [-0.2, 0) is 11.3 Å². The number of hydrogen-bond acceptors (Lipinski definition) is 5. The van der Waals surface area contributed by atoms with E-state index in [4.69, 9.17) is 9.40 Å². The third-order valence-corrected chi connectivity index (χ3v) is 6.83. The predicted octanol–water partition coefficient (Wildman–Crippen LogP) is 4.00. The SMILES string of the molecule is O=C(CCn1c(=O)oc2ccccc21)N1CCC(c2nc3ccccc3s2)CC1. The molecule has 1 aliphatic heterocycles. The Morgan fingerprint density at radius 1 is 1.10 bits per heavy atom. The Bertz CT molecular complexity index is 1200. The molecule has 5 rings (SSSR count). The van der Waals surface area contributed by atoms with Crippen molar-refractivity contribution in [2.75, 3.05) is 13.1 Å². The average Bonchev–Trinajstić information content (AvgIpc) is 3.32. The van der Waals surface area contributed by atoms with Crippen molar-refractivity contribution in [2.24, 2.45) is 0 Å². The number of hydrogen-bond donors (Lipinski definition) is 0. The molecule has 29 heavy (non-hydrogen) atoms. The Labute approximate surface area is 171 Å². The van der Waals surface area contributed by atoms with E-state index in [2.05, 4.69) is 12.1 Å². The summed E-state index contributed by atoms with van der Waals surface area (Å²) < 4.78 is 8.01. The van der Waals surface area contributed by atoms with E-state index >= 15 is 0 Å². The van der Waals surface area contributed by atoms with E-state index in [-0.39, 0.29) is 5.91 Å². The fraction of sp³-hybridized carbons (Fsp3) is 0.318. The number of para-hydroxylation sites is 3. The van der Waals surface area contributed by atoms with E-state index in [0.29, 0.717) is 24.5 Å². The molecule has 0 aliphatic carbocycles. The number of piperidine rings is 1. The molecule has 3 heterocycles. The van der Waals surface area contributed by atoms with Crippen LogP contribution in [-0.4, -0.2) is 33.4 Å². The Morgan fingerprint density at radius 3 is 2.69 bits per heavy atom. The maximum atomic E-state index is 12.7. The first-order chi connectivity index (χ1) is 14.2. The van der Waals surface area contributed by atoms with Gasteiger partial charge in [-0.15, -0.1) is 11.3 Å². The van der Waals surface area contributed by atoms with Gasteiger partial charge in [0.1, 0.15) is 0 Å². The summed E-state index contributed by atoms with van der Waals surface area (Å²) in [4.78, 5) is 31.5. The number of nitrogens with zero attached hydrogens (tertiary/aromatic N) is 3. The number of aryl methyl sites for hydroxylation is 1. The molecule has 6 nitrogen and oxygen atoms in total. The first-order valence-electron chi connectivity index (χ1n) is 9.90. The first-order valence-corrected chi connectivity index (χ1v) is 10.7. The predicted molar refractivity (Wildman–Crippen MR) is 113 cm³/mol. The minimum absolute atomic E-state index is 0.0879. The molecule has 0 radical (unpaired) electrons. The van der Waals surface area contributed by atoms with Gasteiger partial charge in [-0.3, -0.25) is 9.36 Å². The zero-order chi connectivity index (χ0) is 19.8. The Balaban J connectivity index is 1.21. The molecular weight excluding hydrogens is 386 g/mol. The molecule has 2 aromatic carbocycles. The average molecular weight is 407 g/mol. The monoisotopic (exact) mass is 407 g/mol. The molecule has 1 saturated heterocycles. The summed E-state index contributed by atoms with van der Waals surface area (Å²) in [5.41, 5.74) is 2.35. The number of thiazole rings is 1. The normalized spacial score (nSPS) is 15.4. The van der Waals surface area contributed by atoms with Gasteiger partial charge in [0, 0.05) is 32.0 Å². The molecule has 1 amide bonds. The lowest BCUT2D eigenvalue weighted by atomic mass is 9.97. The summed E-state index contributed by atoms with van der Waals surface area (Å²) >= 11 is 1.76. The second-order valence-electron chi connectivity index (χ2n) is 7.41. The van der Waals surface area contributed by atoms with Gasteiger partial charge in [-0.25, -0.2) is 9.78 Å². The van der Waals surface area contributed by atoms with Crippen LogP contribution >= 0.6 is 11.3 Å². The van der Waals surface area contributed by atoms with Crippen LogP contribution in [0.5, 0.6) is 0 Å². The lowest BCUT2D eigenvalue weighted by Crippen LogP contribution is -2.38. The van der Waals surface area contributed by atoms with E-state index in [0.717, 1.165) is 37.0 Å². The molecule has 0 unspecified atom stereocenters. The van der Waals surface area contributed by atoms with Gasteiger partial charge in [0.05, 0.1) is 20.7 Å². The number of oxazole rings is 1. The second kappa shape index (κ2) is 7.48. The molecular formula is C22H21N3O3S. The highest BCUT2D eigenvalue weighted by atomic mass is 32.1. The number of aromatic nitrogens is 2. The van der Waals surface area contributed by atoms with Gasteiger partial charge in [-0.05, 0) is 37.1 Å². The molecule has 0 N–H and O–H groups in total. The van der Waals surface area contributed by atoms with Crippen LogP contribution in [0.4, 0.5) is 0 Å². The van der Waals surface area contributed by atoms with Crippen molar-refractivity contribution in [2.45, 2.75) is 31.7 Å². The highest BCUT2D eigenvalue weighted by Crippen LogP contribution is 2.33. The standard InChI is InChI=1S/C22H21N3O3S/c26-20(11-14-25-17-6-2-3-7-18(17)28-22(25)27)24-12-9-15(10-13-24)21-23-16-5-1-4-8-19(16)29-21/h1-8,15H,9-14H2. The van der Waals surface area contributed by atoms with Crippen LogP contribution in [0.15, 0.2) is 57.7 Å². The number of likely N-dealkylation sites (tertiary alicyclic amines) is 1. The van der Waals surface area contributed by atoms with E-state index in [9.17, 15) is 9.59 Å². The molecule has 0 saturated carbocycles. The lowest BCUT2D eigenvalue weighted by Gasteiger charge is -2.31. The lowest BCUT2D eigenvalue weighted by molar-refractivity contribution is -0.132. The fourth-order valence-corrected chi connectivity index (χ4v) is 5.17. The fourth-order valence-electron chi connectivity index (χ4n) is 4.03. The van der Waals surface area contributed by atoms with Crippen molar-refractivity contribution < 1.29 is 9.21 Å². The molecule has 7 heteroatoms. The van der Waals surface area contributed by atoms with Gasteiger partial charge in [-0.1, -0.05) is 24.3 Å². The Kier molecular flexibility index (Phi) is 4.67. The quantitative estimate of drug-likeness (QED) is 0.513. The van der Waals surface area contributed by atoms with E-state index < -0.39 is 5.76 Å². The van der Waals surface area contributed by atoms with Crippen LogP contribution in [0, 0.1) is 0 Å². The van der Waals surface area contributed by atoms with Gasteiger partial charge >= 0.3 is 5.76 Å². The zero-order valence-corrected chi connectivity index (χ0v) is 16.7. The summed E-state index contributed by atoms with van der Waals surface area (Å²) in [5, 5.41) is 1.18. The molecule has 0 spiro atoms. The van der Waals surface area contributed by atoms with Crippen molar-refractivity contribution in [1.29, 1.82) is 0 Å². The topological polar surface area (TPSA) is 68.3 Å². The molecule has 148 valence electrons. The number of carbonyl (C=O) groups is 1. The van der Waals surface area contributed by atoms with Gasteiger partial charge in [0.15, 0.2) is 5.58 Å². The Morgan fingerprint density at radius 2 is 1.86 bits per heavy atom. The van der Waals surface area contributed by atoms with Gasteiger partial charge in [0.25, 0.3) is 0 Å². The molecule has 2 aromatic heterocycles. The summed E-state index contributed by atoms with van der Waals surface area (Å²) in [6.07, 6.45) is 2.16. The van der Waals surface area contributed by atoms with E-state index in [1.807, 2.05) is 35.2 Å². The molecule has 0 atom stereocenters. The Hall–Kier alpha value is -2.93. The van der Waals surface area contributed by atoms with Gasteiger partial charge < -0.3 is 9.32 Å². The third kappa shape index (κ3) is 3.46. The zero-order valence-electron chi connectivity index (χ0n) is 15.9.